The minimum Gasteiger partial charge on any atom is -0.495 e. The van der Waals surface area contributed by atoms with Gasteiger partial charge in [-0.05, 0) is 25.0 Å². The van der Waals surface area contributed by atoms with Crippen molar-refractivity contribution in [2.45, 2.75) is 18.9 Å². The Kier molecular flexibility index (Phi) is 3.67. The fraction of sp³-hybridized carbons (Fsp3) is 0.533. The number of rotatable bonds is 3. The van der Waals surface area contributed by atoms with E-state index in [2.05, 4.69) is 16.3 Å². The number of nitrogens with one attached hydrogen (secondary N) is 1. The van der Waals surface area contributed by atoms with E-state index in [1.165, 1.54) is 0 Å². The maximum Gasteiger partial charge on any atom is 0.317 e. The van der Waals surface area contributed by atoms with E-state index < -0.39 is 0 Å². The molecule has 3 rings (SSSR count). The fourth-order valence-electron chi connectivity index (χ4n) is 2.54. The molecule has 1 aliphatic carbocycles. The summed E-state index contributed by atoms with van der Waals surface area (Å²) in [5.74, 6) is 0.892. The molecule has 1 heterocycles. The Morgan fingerprint density at radius 3 is 2.55 bits per heavy atom. The Morgan fingerprint density at radius 1 is 1.20 bits per heavy atom. The van der Waals surface area contributed by atoms with Crippen LogP contribution in [0, 0.1) is 0 Å². The zero-order chi connectivity index (χ0) is 13.9. The highest BCUT2D eigenvalue weighted by molar-refractivity contribution is 5.75. The monoisotopic (exact) mass is 275 g/mol. The molecule has 0 radical (unpaired) electrons. The lowest BCUT2D eigenvalue weighted by atomic mass is 10.2. The van der Waals surface area contributed by atoms with Crippen molar-refractivity contribution in [3.63, 3.8) is 0 Å². The number of benzene rings is 1. The van der Waals surface area contributed by atoms with Crippen molar-refractivity contribution >= 4 is 11.7 Å². The van der Waals surface area contributed by atoms with Gasteiger partial charge in [0, 0.05) is 32.2 Å². The van der Waals surface area contributed by atoms with E-state index >= 15 is 0 Å². The first kappa shape index (κ1) is 13.1. The molecular weight excluding hydrogens is 254 g/mol. The van der Waals surface area contributed by atoms with Crippen LogP contribution in [0.1, 0.15) is 12.8 Å². The average Bonchev–Trinajstić information content (AvgIpc) is 3.31. The predicted molar refractivity (Wildman–Crippen MR) is 78.3 cm³/mol. The van der Waals surface area contributed by atoms with Gasteiger partial charge in [0.1, 0.15) is 5.75 Å². The van der Waals surface area contributed by atoms with E-state index in [0.717, 1.165) is 50.5 Å². The zero-order valence-electron chi connectivity index (χ0n) is 11.8. The maximum absolute atomic E-state index is 12.0. The van der Waals surface area contributed by atoms with Gasteiger partial charge in [0.05, 0.1) is 12.8 Å². The Bertz CT molecular complexity index is 480. The molecule has 0 unspecified atom stereocenters. The third-order valence-corrected chi connectivity index (χ3v) is 3.90. The number of hydrogen-bond donors (Lipinski definition) is 1. The SMILES string of the molecule is COc1ccccc1N1CCN(C(=O)NC2CC2)CC1. The van der Waals surface area contributed by atoms with E-state index in [4.69, 9.17) is 4.74 Å². The van der Waals surface area contributed by atoms with Crippen LogP contribution in [0.4, 0.5) is 10.5 Å². The lowest BCUT2D eigenvalue weighted by molar-refractivity contribution is 0.194. The van der Waals surface area contributed by atoms with Gasteiger partial charge in [-0.15, -0.1) is 0 Å². The van der Waals surface area contributed by atoms with Crippen molar-refractivity contribution < 1.29 is 9.53 Å². The smallest absolute Gasteiger partial charge is 0.317 e. The summed E-state index contributed by atoms with van der Waals surface area (Å²) >= 11 is 0. The molecule has 1 aromatic carbocycles. The number of nitrogens with zero attached hydrogens (tertiary/aromatic N) is 2. The van der Waals surface area contributed by atoms with Crippen LogP contribution in [-0.2, 0) is 0 Å². The largest absolute Gasteiger partial charge is 0.495 e. The van der Waals surface area contributed by atoms with Gasteiger partial charge in [0.2, 0.25) is 0 Å². The van der Waals surface area contributed by atoms with Crippen molar-refractivity contribution in [1.29, 1.82) is 0 Å². The summed E-state index contributed by atoms with van der Waals surface area (Å²) in [6.07, 6.45) is 2.26. The van der Waals surface area contributed by atoms with Gasteiger partial charge >= 0.3 is 6.03 Å². The van der Waals surface area contributed by atoms with E-state index in [9.17, 15) is 4.79 Å². The highest BCUT2D eigenvalue weighted by Crippen LogP contribution is 2.28. The second-order valence-corrected chi connectivity index (χ2v) is 5.37. The molecule has 0 spiro atoms. The normalized spacial score (nSPS) is 18.9. The van der Waals surface area contributed by atoms with E-state index in [1.807, 2.05) is 23.1 Å². The second-order valence-electron chi connectivity index (χ2n) is 5.37. The molecule has 0 bridgehead atoms. The van der Waals surface area contributed by atoms with Gasteiger partial charge in [-0.1, -0.05) is 12.1 Å². The summed E-state index contributed by atoms with van der Waals surface area (Å²) in [6, 6.07) is 8.55. The number of ether oxygens (including phenoxy) is 1. The number of carbonyl (C=O) groups is 1. The van der Waals surface area contributed by atoms with Crippen LogP contribution in [0.2, 0.25) is 0 Å². The topological polar surface area (TPSA) is 44.8 Å². The number of amides is 2. The molecule has 2 amide bonds. The molecule has 1 aliphatic heterocycles. The van der Waals surface area contributed by atoms with Gasteiger partial charge < -0.3 is 19.9 Å². The van der Waals surface area contributed by atoms with E-state index in [-0.39, 0.29) is 6.03 Å². The Morgan fingerprint density at radius 2 is 1.90 bits per heavy atom. The van der Waals surface area contributed by atoms with Gasteiger partial charge in [-0.3, -0.25) is 0 Å². The van der Waals surface area contributed by atoms with Crippen molar-refractivity contribution in [1.82, 2.24) is 10.2 Å². The molecule has 1 aromatic rings. The molecule has 0 aromatic heterocycles. The molecule has 20 heavy (non-hydrogen) atoms. The van der Waals surface area contributed by atoms with E-state index in [0.29, 0.717) is 6.04 Å². The maximum atomic E-state index is 12.0. The minimum absolute atomic E-state index is 0.0900. The number of urea groups is 1. The third-order valence-electron chi connectivity index (χ3n) is 3.90. The average molecular weight is 275 g/mol. The van der Waals surface area contributed by atoms with Crippen molar-refractivity contribution in [2.24, 2.45) is 0 Å². The van der Waals surface area contributed by atoms with Gasteiger partial charge in [-0.2, -0.15) is 0 Å². The highest BCUT2D eigenvalue weighted by atomic mass is 16.5. The third kappa shape index (κ3) is 2.81. The summed E-state index contributed by atoms with van der Waals surface area (Å²) < 4.78 is 5.40. The van der Waals surface area contributed by atoms with Gasteiger partial charge in [0.25, 0.3) is 0 Å². The lowest BCUT2D eigenvalue weighted by Crippen LogP contribution is -2.52. The fourth-order valence-corrected chi connectivity index (χ4v) is 2.54. The van der Waals surface area contributed by atoms with E-state index in [1.54, 1.807) is 7.11 Å². The van der Waals surface area contributed by atoms with Crippen LogP contribution in [0.15, 0.2) is 24.3 Å². The molecule has 1 N–H and O–H groups in total. The summed E-state index contributed by atoms with van der Waals surface area (Å²) in [6.45, 7) is 3.21. The van der Waals surface area contributed by atoms with Crippen LogP contribution in [0.3, 0.4) is 0 Å². The first-order chi connectivity index (χ1) is 9.78. The molecule has 1 saturated heterocycles. The summed E-state index contributed by atoms with van der Waals surface area (Å²) in [5.41, 5.74) is 1.11. The Labute approximate surface area is 119 Å². The van der Waals surface area contributed by atoms with Crippen LogP contribution in [0.25, 0.3) is 0 Å². The van der Waals surface area contributed by atoms with Gasteiger partial charge in [-0.25, -0.2) is 4.79 Å². The Hall–Kier alpha value is -1.91. The lowest BCUT2D eigenvalue weighted by Gasteiger charge is -2.36. The van der Waals surface area contributed by atoms with Crippen LogP contribution in [-0.4, -0.2) is 50.3 Å². The molecule has 0 atom stereocenters. The van der Waals surface area contributed by atoms with Crippen LogP contribution < -0.4 is 15.0 Å². The molecule has 5 nitrogen and oxygen atoms in total. The van der Waals surface area contributed by atoms with Crippen LogP contribution in [0.5, 0.6) is 5.75 Å². The molecular formula is C15H21N3O2. The molecule has 1 saturated carbocycles. The second kappa shape index (κ2) is 5.61. The highest BCUT2D eigenvalue weighted by Gasteiger charge is 2.28. The minimum atomic E-state index is 0.0900. The standard InChI is InChI=1S/C15H21N3O2/c1-20-14-5-3-2-4-13(14)17-8-10-18(11-9-17)15(19)16-12-6-7-12/h2-5,12H,6-11H2,1H3,(H,16,19). The first-order valence-electron chi connectivity index (χ1n) is 7.21. The molecule has 2 fully saturated rings. The number of methoxy groups -OCH3 is 1. The van der Waals surface area contributed by atoms with Crippen molar-refractivity contribution in [3.8, 4) is 5.75 Å². The number of carbonyl (C=O) groups excluding carboxylic acids is 1. The summed E-state index contributed by atoms with van der Waals surface area (Å²) in [5, 5.41) is 3.04. The van der Waals surface area contributed by atoms with Gasteiger partial charge in [0.15, 0.2) is 0 Å². The number of anilines is 1. The molecule has 5 heteroatoms. The molecule has 108 valence electrons. The number of para-hydroxylation sites is 2. The summed E-state index contributed by atoms with van der Waals surface area (Å²) in [4.78, 5) is 16.2. The van der Waals surface area contributed by atoms with Crippen LogP contribution >= 0.6 is 0 Å². The number of hydrogen-bond acceptors (Lipinski definition) is 3. The van der Waals surface area contributed by atoms with Crippen molar-refractivity contribution in [2.75, 3.05) is 38.2 Å². The Balaban J connectivity index is 1.58. The summed E-state index contributed by atoms with van der Waals surface area (Å²) in [7, 11) is 1.69. The predicted octanol–water partition coefficient (Wildman–Crippen LogP) is 1.69. The quantitative estimate of drug-likeness (QED) is 0.913. The zero-order valence-corrected chi connectivity index (χ0v) is 11.8. The number of piperazine rings is 1. The first-order valence-corrected chi connectivity index (χ1v) is 7.21. The van der Waals surface area contributed by atoms with Crippen molar-refractivity contribution in [3.05, 3.63) is 24.3 Å². The molecule has 2 aliphatic rings.